The lowest BCUT2D eigenvalue weighted by Crippen LogP contribution is -2.32. The fraction of sp³-hybridized carbons (Fsp3) is 0.462. The first-order valence-corrected chi connectivity index (χ1v) is 12.7. The molecule has 0 radical (unpaired) electrons. The molecule has 0 saturated heterocycles. The standard InChI is InChI=1S/C26H32N8O3/c1-26(2,3)37-25(36)28-14-20-30-21(33-32-20)18-12-8-7-11-17(18)19-13-27-22-23(29-19)34(24(35)31-22)15-16-9-5-4-6-10-16/h7-8,11-13,16H,4-6,9-10,14-15H2,1-3H3,(H,28,36)(H,27,31,35)(H,30,32,33). The molecule has 11 nitrogen and oxygen atoms in total. The summed E-state index contributed by atoms with van der Waals surface area (Å²) in [6, 6.07) is 7.64. The van der Waals surface area contributed by atoms with E-state index in [1.165, 1.54) is 19.3 Å². The van der Waals surface area contributed by atoms with Crippen molar-refractivity contribution in [3.8, 4) is 22.6 Å². The van der Waals surface area contributed by atoms with Gasteiger partial charge in [-0.2, -0.15) is 5.10 Å². The minimum Gasteiger partial charge on any atom is -0.444 e. The Balaban J connectivity index is 1.41. The van der Waals surface area contributed by atoms with Crippen molar-refractivity contribution < 1.29 is 9.53 Å². The molecule has 194 valence electrons. The van der Waals surface area contributed by atoms with Crippen LogP contribution in [-0.4, -0.2) is 46.4 Å². The smallest absolute Gasteiger partial charge is 0.408 e. The summed E-state index contributed by atoms with van der Waals surface area (Å²) in [5, 5.41) is 9.90. The van der Waals surface area contributed by atoms with E-state index in [9.17, 15) is 9.59 Å². The summed E-state index contributed by atoms with van der Waals surface area (Å²) >= 11 is 0. The summed E-state index contributed by atoms with van der Waals surface area (Å²) in [6.07, 6.45) is 7.06. The quantitative estimate of drug-likeness (QED) is 0.357. The number of hydrogen-bond acceptors (Lipinski definition) is 7. The number of carbonyl (C=O) groups is 1. The number of amides is 1. The van der Waals surface area contributed by atoms with Crippen molar-refractivity contribution in [2.45, 2.75) is 71.6 Å². The average Bonchev–Trinajstić information content (AvgIpc) is 3.46. The SMILES string of the molecule is CC(C)(C)OC(=O)NCc1nc(-c2ccccc2-c2cnc3[nH]c(=O)n(CC4CCCCC4)c3n2)n[nH]1. The normalized spacial score (nSPS) is 14.7. The number of H-pyrrole nitrogens is 2. The second-order valence-electron chi connectivity index (χ2n) is 10.5. The third-order valence-electron chi connectivity index (χ3n) is 6.42. The molecule has 1 saturated carbocycles. The van der Waals surface area contributed by atoms with E-state index >= 15 is 0 Å². The van der Waals surface area contributed by atoms with Crippen LogP contribution in [0.5, 0.6) is 0 Å². The zero-order valence-corrected chi connectivity index (χ0v) is 21.4. The van der Waals surface area contributed by atoms with Crippen molar-refractivity contribution in [2.75, 3.05) is 0 Å². The summed E-state index contributed by atoms with van der Waals surface area (Å²) in [6.45, 7) is 6.21. The van der Waals surface area contributed by atoms with Crippen LogP contribution in [0.3, 0.4) is 0 Å². The van der Waals surface area contributed by atoms with Gasteiger partial charge < -0.3 is 10.1 Å². The third kappa shape index (κ3) is 5.71. The predicted molar refractivity (Wildman–Crippen MR) is 139 cm³/mol. The molecule has 37 heavy (non-hydrogen) atoms. The molecule has 0 aliphatic heterocycles. The Labute approximate surface area is 214 Å². The van der Waals surface area contributed by atoms with E-state index in [2.05, 4.69) is 30.5 Å². The number of fused-ring (bicyclic) bond motifs is 1. The van der Waals surface area contributed by atoms with Gasteiger partial charge in [-0.1, -0.05) is 43.5 Å². The zero-order valence-electron chi connectivity index (χ0n) is 21.4. The van der Waals surface area contributed by atoms with Crippen LogP contribution in [0.15, 0.2) is 35.3 Å². The molecule has 3 heterocycles. The number of carbonyl (C=O) groups excluding carboxylic acids is 1. The summed E-state index contributed by atoms with van der Waals surface area (Å²) in [5.74, 6) is 1.43. The maximum atomic E-state index is 12.7. The summed E-state index contributed by atoms with van der Waals surface area (Å²) in [7, 11) is 0. The van der Waals surface area contributed by atoms with Crippen molar-refractivity contribution in [2.24, 2.45) is 5.92 Å². The molecule has 11 heteroatoms. The van der Waals surface area contributed by atoms with Crippen LogP contribution in [0.25, 0.3) is 33.9 Å². The lowest BCUT2D eigenvalue weighted by Gasteiger charge is -2.21. The van der Waals surface area contributed by atoms with E-state index in [0.29, 0.717) is 41.1 Å². The first-order valence-electron chi connectivity index (χ1n) is 12.7. The number of aromatic amines is 2. The highest BCUT2D eigenvalue weighted by Crippen LogP contribution is 2.30. The molecule has 3 aromatic heterocycles. The monoisotopic (exact) mass is 504 g/mol. The highest BCUT2D eigenvalue weighted by molar-refractivity contribution is 5.80. The molecule has 1 aliphatic rings. The molecule has 1 aliphatic carbocycles. The molecular formula is C26H32N8O3. The molecule has 3 N–H and O–H groups in total. The Hall–Kier alpha value is -4.02. The molecule has 0 spiro atoms. The molecule has 0 bridgehead atoms. The number of alkyl carbamates (subject to hydrolysis) is 1. The van der Waals surface area contributed by atoms with Gasteiger partial charge in [0, 0.05) is 17.7 Å². The Morgan fingerprint density at radius 2 is 1.89 bits per heavy atom. The second-order valence-corrected chi connectivity index (χ2v) is 10.5. The van der Waals surface area contributed by atoms with E-state index in [1.54, 1.807) is 31.5 Å². The first kappa shape index (κ1) is 24.7. The van der Waals surface area contributed by atoms with Gasteiger partial charge in [0.1, 0.15) is 11.4 Å². The van der Waals surface area contributed by atoms with Crippen LogP contribution in [0.4, 0.5) is 4.79 Å². The number of hydrogen-bond donors (Lipinski definition) is 3. The highest BCUT2D eigenvalue weighted by Gasteiger charge is 2.20. The predicted octanol–water partition coefficient (Wildman–Crippen LogP) is 4.18. The van der Waals surface area contributed by atoms with Crippen molar-refractivity contribution in [3.05, 3.63) is 46.8 Å². The van der Waals surface area contributed by atoms with Gasteiger partial charge in [-0.05, 0) is 39.5 Å². The molecule has 1 amide bonds. The fourth-order valence-electron chi connectivity index (χ4n) is 4.71. The van der Waals surface area contributed by atoms with E-state index in [0.717, 1.165) is 24.0 Å². The maximum Gasteiger partial charge on any atom is 0.408 e. The number of nitrogens with zero attached hydrogens (tertiary/aromatic N) is 5. The van der Waals surface area contributed by atoms with Gasteiger partial charge >= 0.3 is 11.8 Å². The van der Waals surface area contributed by atoms with Gasteiger partial charge in [0.05, 0.1) is 18.4 Å². The lowest BCUT2D eigenvalue weighted by molar-refractivity contribution is 0.0522. The van der Waals surface area contributed by atoms with E-state index in [4.69, 9.17) is 9.72 Å². The van der Waals surface area contributed by atoms with E-state index in [1.807, 2.05) is 24.3 Å². The van der Waals surface area contributed by atoms with Crippen LogP contribution in [0.1, 0.15) is 58.7 Å². The number of nitrogens with one attached hydrogen (secondary N) is 3. The minimum absolute atomic E-state index is 0.145. The molecular weight excluding hydrogens is 472 g/mol. The molecule has 0 unspecified atom stereocenters. The van der Waals surface area contributed by atoms with Crippen molar-refractivity contribution >= 4 is 17.4 Å². The molecule has 4 aromatic rings. The Morgan fingerprint density at radius 3 is 2.65 bits per heavy atom. The largest absolute Gasteiger partial charge is 0.444 e. The summed E-state index contributed by atoms with van der Waals surface area (Å²) < 4.78 is 6.99. The van der Waals surface area contributed by atoms with Gasteiger partial charge in [0.2, 0.25) is 0 Å². The van der Waals surface area contributed by atoms with Gasteiger partial charge in [0.15, 0.2) is 17.1 Å². The van der Waals surface area contributed by atoms with Crippen molar-refractivity contribution in [3.63, 3.8) is 0 Å². The number of imidazole rings is 1. The zero-order chi connectivity index (χ0) is 26.0. The average molecular weight is 505 g/mol. The molecule has 1 aromatic carbocycles. The van der Waals surface area contributed by atoms with Gasteiger partial charge in [-0.15, -0.1) is 0 Å². The second kappa shape index (κ2) is 10.2. The third-order valence-corrected chi connectivity index (χ3v) is 6.42. The van der Waals surface area contributed by atoms with E-state index in [-0.39, 0.29) is 12.2 Å². The maximum absolute atomic E-state index is 12.7. The molecule has 5 rings (SSSR count). The topological polar surface area (TPSA) is 143 Å². The fourth-order valence-corrected chi connectivity index (χ4v) is 4.71. The Kier molecular flexibility index (Phi) is 6.77. The van der Waals surface area contributed by atoms with Crippen LogP contribution >= 0.6 is 0 Å². The minimum atomic E-state index is -0.585. The summed E-state index contributed by atoms with van der Waals surface area (Å²) in [5.41, 5.74) is 2.45. The van der Waals surface area contributed by atoms with Gasteiger partial charge in [0.25, 0.3) is 0 Å². The van der Waals surface area contributed by atoms with Crippen LogP contribution in [0.2, 0.25) is 0 Å². The number of ether oxygens (including phenoxy) is 1. The van der Waals surface area contributed by atoms with Crippen molar-refractivity contribution in [1.29, 1.82) is 0 Å². The number of aromatic nitrogens is 7. The van der Waals surface area contributed by atoms with Crippen molar-refractivity contribution in [1.82, 2.24) is 40.0 Å². The first-order chi connectivity index (χ1) is 17.8. The lowest BCUT2D eigenvalue weighted by atomic mass is 9.89. The van der Waals surface area contributed by atoms with Crippen LogP contribution < -0.4 is 11.0 Å². The van der Waals surface area contributed by atoms with Crippen LogP contribution in [-0.2, 0) is 17.8 Å². The number of benzene rings is 1. The Bertz CT molecular complexity index is 1460. The molecule has 1 fully saturated rings. The Morgan fingerprint density at radius 1 is 1.14 bits per heavy atom. The van der Waals surface area contributed by atoms with E-state index < -0.39 is 11.7 Å². The highest BCUT2D eigenvalue weighted by atomic mass is 16.6. The summed E-state index contributed by atoms with van der Waals surface area (Å²) in [4.78, 5) is 41.4. The molecule has 0 atom stereocenters. The number of rotatable bonds is 6. The van der Waals surface area contributed by atoms with Gasteiger partial charge in [-0.3, -0.25) is 14.6 Å². The van der Waals surface area contributed by atoms with Crippen LogP contribution in [0, 0.1) is 5.92 Å². The van der Waals surface area contributed by atoms with Gasteiger partial charge in [-0.25, -0.2) is 24.5 Å².